The maximum absolute atomic E-state index is 6.31. The molecular formula is C28H30N2O. The Kier molecular flexibility index (Phi) is 4.59. The number of pyridine rings is 2. The summed E-state index contributed by atoms with van der Waals surface area (Å²) in [6, 6.07) is 15.1. The molecule has 3 fully saturated rings. The number of hydrogen-bond donors (Lipinski definition) is 0. The molecule has 3 aliphatic carbocycles. The zero-order valence-corrected chi connectivity index (χ0v) is 18.5. The fourth-order valence-corrected chi connectivity index (χ4v) is 6.03. The maximum atomic E-state index is 6.31. The van der Waals surface area contributed by atoms with Crippen LogP contribution in [0.3, 0.4) is 0 Å². The molecule has 4 aromatic rings. The van der Waals surface area contributed by atoms with Crippen LogP contribution < -0.4 is 0 Å². The van der Waals surface area contributed by atoms with Gasteiger partial charge in [0.15, 0.2) is 0 Å². The minimum atomic E-state index is 0.380. The number of rotatable bonds is 4. The summed E-state index contributed by atoms with van der Waals surface area (Å²) >= 11 is 0. The molecule has 0 spiro atoms. The summed E-state index contributed by atoms with van der Waals surface area (Å²) in [4.78, 5) is 9.51. The quantitative estimate of drug-likeness (QED) is 0.349. The highest BCUT2D eigenvalue weighted by atomic mass is 16.3. The molecule has 3 heterocycles. The summed E-state index contributed by atoms with van der Waals surface area (Å²) in [5.41, 5.74) is 6.17. The second kappa shape index (κ2) is 7.47. The first-order valence-corrected chi connectivity index (χ1v) is 11.9. The Morgan fingerprint density at radius 3 is 2.65 bits per heavy atom. The third kappa shape index (κ3) is 3.35. The number of fused-ring (bicyclic) bond motifs is 6. The van der Waals surface area contributed by atoms with Crippen LogP contribution in [0.4, 0.5) is 0 Å². The summed E-state index contributed by atoms with van der Waals surface area (Å²) in [5.74, 6) is 3.14. The number of benzene rings is 1. The average molecular weight is 411 g/mol. The summed E-state index contributed by atoms with van der Waals surface area (Å²) in [5, 5.41) is 2.20. The molecule has 0 N–H and O–H groups in total. The fraction of sp³-hybridized carbons (Fsp3) is 0.429. The number of aromatic nitrogens is 2. The molecule has 0 aliphatic heterocycles. The normalized spacial score (nSPS) is 23.3. The van der Waals surface area contributed by atoms with Crippen LogP contribution in [-0.2, 0) is 6.42 Å². The first kappa shape index (κ1) is 19.0. The van der Waals surface area contributed by atoms with E-state index < -0.39 is 0 Å². The predicted molar refractivity (Wildman–Crippen MR) is 126 cm³/mol. The van der Waals surface area contributed by atoms with Gasteiger partial charge < -0.3 is 4.42 Å². The van der Waals surface area contributed by atoms with Crippen LogP contribution in [0.15, 0.2) is 53.1 Å². The smallest absolute Gasteiger partial charge is 0.227 e. The van der Waals surface area contributed by atoms with Crippen molar-refractivity contribution in [3.63, 3.8) is 0 Å². The van der Waals surface area contributed by atoms with Crippen molar-refractivity contribution in [1.29, 1.82) is 0 Å². The highest BCUT2D eigenvalue weighted by molar-refractivity contribution is 6.08. The Bertz CT molecular complexity index is 1250. The van der Waals surface area contributed by atoms with Crippen LogP contribution in [0.2, 0.25) is 0 Å². The number of furan rings is 1. The Hall–Kier alpha value is -2.68. The van der Waals surface area contributed by atoms with Gasteiger partial charge in [0, 0.05) is 28.2 Å². The predicted octanol–water partition coefficient (Wildman–Crippen LogP) is 7.54. The highest BCUT2D eigenvalue weighted by Gasteiger charge is 2.35. The van der Waals surface area contributed by atoms with Gasteiger partial charge in [0.1, 0.15) is 5.58 Å². The molecule has 0 saturated heterocycles. The molecule has 3 aromatic heterocycles. The van der Waals surface area contributed by atoms with Crippen molar-refractivity contribution in [1.82, 2.24) is 9.97 Å². The second-order valence-corrected chi connectivity index (χ2v) is 10.1. The first-order chi connectivity index (χ1) is 15.2. The van der Waals surface area contributed by atoms with Gasteiger partial charge in [0.05, 0.1) is 5.69 Å². The Labute approximate surface area is 183 Å². The molecule has 158 valence electrons. The molecule has 3 aliphatic rings. The summed E-state index contributed by atoms with van der Waals surface area (Å²) < 4.78 is 6.31. The van der Waals surface area contributed by atoms with Gasteiger partial charge in [0.25, 0.3) is 0 Å². The summed E-state index contributed by atoms with van der Waals surface area (Å²) in [6.07, 6.45) is 10.4. The molecule has 1 atom stereocenters. The molecule has 3 heteroatoms. The first-order valence-electron chi connectivity index (χ1n) is 11.9. The van der Waals surface area contributed by atoms with Crippen LogP contribution in [0.5, 0.6) is 0 Å². The molecule has 31 heavy (non-hydrogen) atoms. The van der Waals surface area contributed by atoms with E-state index >= 15 is 0 Å². The number of nitrogens with zero attached hydrogens (tertiary/aromatic N) is 2. The zero-order chi connectivity index (χ0) is 20.9. The van der Waals surface area contributed by atoms with Crippen molar-refractivity contribution in [3.8, 4) is 11.3 Å². The van der Waals surface area contributed by atoms with Crippen LogP contribution in [-0.4, -0.2) is 9.97 Å². The molecule has 0 radical (unpaired) electrons. The van der Waals surface area contributed by atoms with Crippen molar-refractivity contribution in [2.75, 3.05) is 0 Å². The van der Waals surface area contributed by atoms with Gasteiger partial charge in [0.2, 0.25) is 5.71 Å². The van der Waals surface area contributed by atoms with E-state index in [-0.39, 0.29) is 0 Å². The Balaban J connectivity index is 1.38. The third-order valence-corrected chi connectivity index (χ3v) is 7.77. The van der Waals surface area contributed by atoms with Gasteiger partial charge in [-0.05, 0) is 85.3 Å². The molecule has 7 rings (SSSR count). The average Bonchev–Trinajstić information content (AvgIpc) is 3.18. The van der Waals surface area contributed by atoms with Crippen molar-refractivity contribution < 1.29 is 4.42 Å². The van der Waals surface area contributed by atoms with Crippen molar-refractivity contribution >= 4 is 22.1 Å². The van der Waals surface area contributed by atoms with Crippen LogP contribution in [0.25, 0.3) is 33.3 Å². The largest absolute Gasteiger partial charge is 0.437 e. The monoisotopic (exact) mass is 410 g/mol. The van der Waals surface area contributed by atoms with Crippen molar-refractivity contribution in [2.45, 2.75) is 58.3 Å². The van der Waals surface area contributed by atoms with Crippen LogP contribution in [0.1, 0.15) is 63.1 Å². The lowest BCUT2D eigenvalue weighted by Gasteiger charge is -2.42. The second-order valence-electron chi connectivity index (χ2n) is 10.1. The van der Waals surface area contributed by atoms with Gasteiger partial charge in [-0.1, -0.05) is 38.8 Å². The molecule has 3 nitrogen and oxygen atoms in total. The minimum Gasteiger partial charge on any atom is -0.437 e. The Morgan fingerprint density at radius 1 is 1.00 bits per heavy atom. The minimum absolute atomic E-state index is 0.380. The van der Waals surface area contributed by atoms with Gasteiger partial charge in [-0.25, -0.2) is 4.98 Å². The maximum Gasteiger partial charge on any atom is 0.227 e. The number of para-hydroxylation sites is 1. The van der Waals surface area contributed by atoms with Gasteiger partial charge in [-0.2, -0.15) is 0 Å². The van der Waals surface area contributed by atoms with Crippen LogP contribution >= 0.6 is 0 Å². The molecule has 1 aromatic carbocycles. The zero-order valence-electron chi connectivity index (χ0n) is 18.5. The lowest BCUT2D eigenvalue weighted by molar-refractivity contribution is 0.0991. The van der Waals surface area contributed by atoms with E-state index in [0.29, 0.717) is 5.92 Å². The van der Waals surface area contributed by atoms with Gasteiger partial charge >= 0.3 is 0 Å². The molecular weight excluding hydrogens is 380 g/mol. The van der Waals surface area contributed by atoms with E-state index in [4.69, 9.17) is 14.4 Å². The molecule has 1 unspecified atom stereocenters. The topological polar surface area (TPSA) is 38.9 Å². The number of hydrogen-bond acceptors (Lipinski definition) is 3. The molecule has 0 amide bonds. The summed E-state index contributed by atoms with van der Waals surface area (Å²) in [6.45, 7) is 4.32. The molecule has 2 bridgehead atoms. The standard InChI is InChI=1S/C28H30N2O/c1-17(2)25-11-10-23-22-4-3-5-24(27(22)31-28(23)30-25)26-16-19(12-13-29-26)15-21-14-18-6-8-20(21)9-7-18/h3-5,10-13,16-18,20-21H,6-9,14-15H2,1-2H3. The van der Waals surface area contributed by atoms with Gasteiger partial charge in [-0.15, -0.1) is 0 Å². The van der Waals surface area contributed by atoms with E-state index in [0.717, 1.165) is 56.8 Å². The summed E-state index contributed by atoms with van der Waals surface area (Å²) in [7, 11) is 0. The van der Waals surface area contributed by atoms with E-state index in [9.17, 15) is 0 Å². The van der Waals surface area contributed by atoms with Crippen molar-refractivity contribution in [3.05, 3.63) is 59.9 Å². The van der Waals surface area contributed by atoms with Crippen LogP contribution in [0, 0.1) is 17.8 Å². The van der Waals surface area contributed by atoms with E-state index in [1.807, 2.05) is 6.20 Å². The SMILES string of the molecule is CC(C)c1ccc2c(n1)oc1c(-c3cc(CC4CC5CCC4CC5)ccn3)cccc12. The van der Waals surface area contributed by atoms with E-state index in [2.05, 4.69) is 56.3 Å². The van der Waals surface area contributed by atoms with Crippen molar-refractivity contribution in [2.24, 2.45) is 17.8 Å². The van der Waals surface area contributed by atoms with Gasteiger partial charge in [-0.3, -0.25) is 4.98 Å². The third-order valence-electron chi connectivity index (χ3n) is 7.77. The Morgan fingerprint density at radius 2 is 1.87 bits per heavy atom. The van der Waals surface area contributed by atoms with E-state index in [1.54, 1.807) is 0 Å². The van der Waals surface area contributed by atoms with E-state index in [1.165, 1.54) is 44.1 Å². The lowest BCUT2D eigenvalue weighted by atomic mass is 9.63. The highest BCUT2D eigenvalue weighted by Crippen LogP contribution is 2.46. The lowest BCUT2D eigenvalue weighted by Crippen LogP contribution is -2.32. The fourth-order valence-electron chi connectivity index (χ4n) is 6.03. The molecule has 3 saturated carbocycles.